The van der Waals surface area contributed by atoms with Gasteiger partial charge in [0.15, 0.2) is 5.90 Å². The van der Waals surface area contributed by atoms with Crippen LogP contribution in [-0.2, 0) is 4.74 Å². The second-order valence-electron chi connectivity index (χ2n) is 9.59. The maximum atomic E-state index is 11.5. The van der Waals surface area contributed by atoms with Gasteiger partial charge in [-0.2, -0.15) is 0 Å². The second kappa shape index (κ2) is 8.68. The first-order valence-electron chi connectivity index (χ1n) is 10.4. The van der Waals surface area contributed by atoms with Gasteiger partial charge in [0.1, 0.15) is 6.61 Å². The molecule has 0 bridgehead atoms. The van der Waals surface area contributed by atoms with E-state index in [1.807, 2.05) is 36.4 Å². The van der Waals surface area contributed by atoms with Crippen molar-refractivity contribution in [1.82, 2.24) is 0 Å². The Labute approximate surface area is 176 Å². The minimum Gasteiger partial charge on any atom is -0.478 e. The van der Waals surface area contributed by atoms with Crippen molar-refractivity contribution >= 4 is 14.0 Å². The van der Waals surface area contributed by atoms with Gasteiger partial charge < -0.3 is 9.84 Å². The van der Waals surface area contributed by atoms with Crippen molar-refractivity contribution < 1.29 is 9.84 Å². The van der Waals surface area contributed by atoms with E-state index in [9.17, 15) is 5.11 Å². The van der Waals surface area contributed by atoms with Crippen LogP contribution in [0.5, 0.6) is 0 Å². The molecule has 3 rings (SSSR count). The topological polar surface area (TPSA) is 41.8 Å². The lowest BCUT2D eigenvalue weighted by molar-refractivity contribution is 0.118. The standard InChI is InChI=1S/C25H33NO2Si/c1-25(2)18-28-24(26-25)22(23(27)20-14-10-7-11-15-20)21(16-17-29(3,4)5)19-12-8-6-9-13-19/h6-17,21-23,27H,18H2,1-5H3/b17-16+/t21-,22-,23-/m0/s1. The highest BCUT2D eigenvalue weighted by molar-refractivity contribution is 6.80. The van der Waals surface area contributed by atoms with Gasteiger partial charge in [-0.25, -0.2) is 4.99 Å². The molecule has 0 unspecified atom stereocenters. The van der Waals surface area contributed by atoms with E-state index in [2.05, 4.69) is 69.5 Å². The molecule has 0 saturated carbocycles. The van der Waals surface area contributed by atoms with Crippen molar-refractivity contribution in [2.75, 3.05) is 6.61 Å². The number of aliphatic hydroxyl groups excluding tert-OH is 1. The number of nitrogens with zero attached hydrogens (tertiary/aromatic N) is 1. The highest BCUT2D eigenvalue weighted by Gasteiger charge is 2.39. The molecular formula is C25H33NO2Si. The van der Waals surface area contributed by atoms with Crippen molar-refractivity contribution in [3.05, 3.63) is 83.6 Å². The maximum absolute atomic E-state index is 11.5. The molecule has 1 N–H and O–H groups in total. The lowest BCUT2D eigenvalue weighted by atomic mass is 9.80. The summed E-state index contributed by atoms with van der Waals surface area (Å²) in [6.45, 7) is 11.6. The highest BCUT2D eigenvalue weighted by Crippen LogP contribution is 2.39. The summed E-state index contributed by atoms with van der Waals surface area (Å²) in [6.07, 6.45) is 1.57. The van der Waals surface area contributed by atoms with Gasteiger partial charge in [-0.1, -0.05) is 92.1 Å². The van der Waals surface area contributed by atoms with Gasteiger partial charge in [-0.3, -0.25) is 0 Å². The van der Waals surface area contributed by atoms with Crippen LogP contribution in [0.15, 0.2) is 77.4 Å². The number of aliphatic imine (C=N–C) groups is 1. The third kappa shape index (κ3) is 5.68. The van der Waals surface area contributed by atoms with E-state index in [4.69, 9.17) is 9.73 Å². The summed E-state index contributed by atoms with van der Waals surface area (Å²) >= 11 is 0. The average Bonchev–Trinajstić information content (AvgIpc) is 3.04. The normalized spacial score (nSPS) is 19.4. The van der Waals surface area contributed by atoms with Gasteiger partial charge in [-0.15, -0.1) is 0 Å². The fourth-order valence-corrected chi connectivity index (χ4v) is 4.42. The van der Waals surface area contributed by atoms with Crippen molar-refractivity contribution in [2.45, 2.75) is 51.0 Å². The summed E-state index contributed by atoms with van der Waals surface area (Å²) in [5, 5.41) is 11.5. The minimum atomic E-state index is -1.42. The number of benzene rings is 2. The fraction of sp³-hybridized carbons (Fsp3) is 0.400. The molecule has 0 amide bonds. The number of hydrogen-bond acceptors (Lipinski definition) is 3. The molecule has 4 heteroatoms. The summed E-state index contributed by atoms with van der Waals surface area (Å²) in [5.41, 5.74) is 4.14. The van der Waals surface area contributed by atoms with Gasteiger partial charge in [0, 0.05) is 5.92 Å². The van der Waals surface area contributed by atoms with Crippen LogP contribution in [0.1, 0.15) is 37.0 Å². The molecule has 0 fully saturated rings. The Hall–Kier alpha value is -2.17. The van der Waals surface area contributed by atoms with E-state index in [0.717, 1.165) is 11.1 Å². The van der Waals surface area contributed by atoms with Crippen LogP contribution in [0.2, 0.25) is 19.6 Å². The molecule has 154 valence electrons. The van der Waals surface area contributed by atoms with Crippen LogP contribution in [-0.4, -0.2) is 31.2 Å². The Bertz CT molecular complexity index is 853. The van der Waals surface area contributed by atoms with Gasteiger partial charge >= 0.3 is 0 Å². The molecule has 2 aromatic carbocycles. The molecule has 3 nitrogen and oxygen atoms in total. The average molecular weight is 408 g/mol. The first-order chi connectivity index (χ1) is 13.7. The number of aliphatic hydroxyl groups is 1. The fourth-order valence-electron chi connectivity index (χ4n) is 3.63. The van der Waals surface area contributed by atoms with Crippen LogP contribution >= 0.6 is 0 Å². The molecular weight excluding hydrogens is 374 g/mol. The van der Waals surface area contributed by atoms with E-state index in [1.165, 1.54) is 0 Å². The largest absolute Gasteiger partial charge is 0.478 e. The van der Waals surface area contributed by atoms with Crippen LogP contribution in [0.3, 0.4) is 0 Å². The maximum Gasteiger partial charge on any atom is 0.191 e. The first kappa shape index (κ1) is 21.5. The van der Waals surface area contributed by atoms with Gasteiger partial charge in [0.25, 0.3) is 0 Å². The molecule has 0 saturated heterocycles. The Morgan fingerprint density at radius 3 is 2.00 bits per heavy atom. The van der Waals surface area contributed by atoms with Crippen LogP contribution < -0.4 is 0 Å². The molecule has 0 aliphatic carbocycles. The number of rotatable bonds is 7. The van der Waals surface area contributed by atoms with Crippen molar-refractivity contribution in [3.63, 3.8) is 0 Å². The SMILES string of the molecule is CC1(C)COC([C@H]([C@@H](O)c2ccccc2)[C@@H](/C=C/[Si](C)(C)C)c2ccccc2)=N1. The number of allylic oxidation sites excluding steroid dienone is 1. The van der Waals surface area contributed by atoms with Gasteiger partial charge in [0.2, 0.25) is 0 Å². The monoisotopic (exact) mass is 407 g/mol. The summed E-state index contributed by atoms with van der Waals surface area (Å²) in [6, 6.07) is 20.2. The van der Waals surface area contributed by atoms with Crippen LogP contribution in [0, 0.1) is 5.92 Å². The summed E-state index contributed by atoms with van der Waals surface area (Å²) in [4.78, 5) is 4.87. The zero-order valence-electron chi connectivity index (χ0n) is 18.2. The first-order valence-corrected chi connectivity index (χ1v) is 13.9. The van der Waals surface area contributed by atoms with E-state index in [1.54, 1.807) is 0 Å². The van der Waals surface area contributed by atoms with E-state index < -0.39 is 14.2 Å². The Balaban J connectivity index is 2.11. The molecule has 29 heavy (non-hydrogen) atoms. The van der Waals surface area contributed by atoms with Gasteiger partial charge in [0.05, 0.1) is 25.6 Å². The zero-order chi connectivity index (χ0) is 21.1. The number of hydrogen-bond donors (Lipinski definition) is 1. The molecule has 2 aromatic rings. The Kier molecular flexibility index (Phi) is 6.44. The van der Waals surface area contributed by atoms with E-state index in [0.29, 0.717) is 12.5 Å². The van der Waals surface area contributed by atoms with Crippen LogP contribution in [0.4, 0.5) is 0 Å². The third-order valence-corrected chi connectivity index (χ3v) is 6.32. The predicted molar refractivity (Wildman–Crippen MR) is 124 cm³/mol. The third-order valence-electron chi connectivity index (χ3n) is 5.13. The van der Waals surface area contributed by atoms with Crippen LogP contribution in [0.25, 0.3) is 0 Å². The second-order valence-corrected chi connectivity index (χ2v) is 14.7. The lowest BCUT2D eigenvalue weighted by Gasteiger charge is -2.30. The molecule has 1 aliphatic rings. The smallest absolute Gasteiger partial charge is 0.191 e. The number of ether oxygens (including phenoxy) is 1. The molecule has 1 heterocycles. The van der Waals surface area contributed by atoms with E-state index >= 15 is 0 Å². The summed E-state index contributed by atoms with van der Waals surface area (Å²) in [7, 11) is -1.42. The zero-order valence-corrected chi connectivity index (χ0v) is 19.2. The summed E-state index contributed by atoms with van der Waals surface area (Å²) < 4.78 is 6.07. The highest BCUT2D eigenvalue weighted by atomic mass is 28.3. The predicted octanol–water partition coefficient (Wildman–Crippen LogP) is 5.76. The quantitative estimate of drug-likeness (QED) is 0.593. The summed E-state index contributed by atoms with van der Waals surface area (Å²) in [5.74, 6) is 0.348. The van der Waals surface area contributed by atoms with Gasteiger partial charge in [-0.05, 0) is 25.0 Å². The molecule has 3 atom stereocenters. The van der Waals surface area contributed by atoms with Crippen molar-refractivity contribution in [3.8, 4) is 0 Å². The van der Waals surface area contributed by atoms with E-state index in [-0.39, 0.29) is 17.4 Å². The Morgan fingerprint density at radius 1 is 0.966 bits per heavy atom. The molecule has 0 aromatic heterocycles. The Morgan fingerprint density at radius 2 is 1.52 bits per heavy atom. The molecule has 1 aliphatic heterocycles. The lowest BCUT2D eigenvalue weighted by Crippen LogP contribution is -2.29. The molecule has 0 spiro atoms. The van der Waals surface area contributed by atoms with Crippen molar-refractivity contribution in [1.29, 1.82) is 0 Å². The minimum absolute atomic E-state index is 0.0224. The molecule has 0 radical (unpaired) electrons. The van der Waals surface area contributed by atoms with Crippen molar-refractivity contribution in [2.24, 2.45) is 10.9 Å².